The van der Waals surface area contributed by atoms with Crippen molar-refractivity contribution in [2.45, 2.75) is 18.9 Å². The summed E-state index contributed by atoms with van der Waals surface area (Å²) in [5.41, 5.74) is 5.22. The summed E-state index contributed by atoms with van der Waals surface area (Å²) in [4.78, 5) is 0. The van der Waals surface area contributed by atoms with E-state index in [1.54, 1.807) is 24.3 Å². The second kappa shape index (κ2) is 3.98. The summed E-state index contributed by atoms with van der Waals surface area (Å²) in [6, 6.07) is 9.30. The molecule has 0 unspecified atom stereocenters. The molecule has 2 heteroatoms. The molecule has 0 aromatic heterocycles. The monoisotopic (exact) mass is 151 g/mol. The van der Waals surface area contributed by atoms with Crippen molar-refractivity contribution in [3.05, 3.63) is 30.3 Å². The molecule has 60 valence electrons. The minimum Gasteiger partial charge on any atom is -0.508 e. The average molecular weight is 151 g/mol. The van der Waals surface area contributed by atoms with Crippen LogP contribution in [0.1, 0.15) is 12.8 Å². The SMILES string of the molecule is NC1CC1.Oc1ccccc1. The number of benzene rings is 1. The lowest BCUT2D eigenvalue weighted by Crippen LogP contribution is -1.94. The Balaban J connectivity index is 0.000000128. The normalized spacial score (nSPS) is 15.0. The van der Waals surface area contributed by atoms with Gasteiger partial charge in [-0.15, -0.1) is 0 Å². The van der Waals surface area contributed by atoms with Crippen LogP contribution in [0.25, 0.3) is 0 Å². The zero-order valence-corrected chi connectivity index (χ0v) is 6.40. The Labute approximate surface area is 66.7 Å². The zero-order chi connectivity index (χ0) is 8.10. The van der Waals surface area contributed by atoms with Crippen molar-refractivity contribution in [3.8, 4) is 5.75 Å². The van der Waals surface area contributed by atoms with E-state index in [2.05, 4.69) is 0 Å². The number of rotatable bonds is 0. The van der Waals surface area contributed by atoms with E-state index in [1.165, 1.54) is 12.8 Å². The van der Waals surface area contributed by atoms with Crippen molar-refractivity contribution in [2.24, 2.45) is 5.73 Å². The van der Waals surface area contributed by atoms with Gasteiger partial charge in [-0.05, 0) is 25.0 Å². The molecule has 1 fully saturated rings. The molecular weight excluding hydrogens is 138 g/mol. The second-order valence-corrected chi connectivity index (χ2v) is 2.67. The molecule has 2 nitrogen and oxygen atoms in total. The van der Waals surface area contributed by atoms with Crippen LogP contribution in [0.15, 0.2) is 30.3 Å². The molecule has 1 aliphatic carbocycles. The van der Waals surface area contributed by atoms with Gasteiger partial charge in [0.25, 0.3) is 0 Å². The molecular formula is C9H13NO. The Morgan fingerprint density at radius 1 is 1.18 bits per heavy atom. The molecule has 1 saturated carbocycles. The predicted molar refractivity (Wildman–Crippen MR) is 45.3 cm³/mol. The van der Waals surface area contributed by atoms with E-state index in [9.17, 15) is 0 Å². The largest absolute Gasteiger partial charge is 0.508 e. The van der Waals surface area contributed by atoms with Gasteiger partial charge in [0.05, 0.1) is 0 Å². The highest BCUT2D eigenvalue weighted by Crippen LogP contribution is 2.13. The molecule has 0 spiro atoms. The fraction of sp³-hybridized carbons (Fsp3) is 0.333. The Bertz CT molecular complexity index is 194. The number of hydrogen-bond donors (Lipinski definition) is 2. The molecule has 2 rings (SSSR count). The maximum atomic E-state index is 8.63. The molecule has 0 amide bonds. The smallest absolute Gasteiger partial charge is 0.115 e. The summed E-state index contributed by atoms with van der Waals surface area (Å²) in [7, 11) is 0. The van der Waals surface area contributed by atoms with E-state index in [4.69, 9.17) is 10.8 Å². The van der Waals surface area contributed by atoms with Crippen LogP contribution in [0.3, 0.4) is 0 Å². The van der Waals surface area contributed by atoms with Crippen LogP contribution in [-0.2, 0) is 0 Å². The van der Waals surface area contributed by atoms with Gasteiger partial charge in [0.2, 0.25) is 0 Å². The van der Waals surface area contributed by atoms with Gasteiger partial charge in [0.1, 0.15) is 5.75 Å². The van der Waals surface area contributed by atoms with E-state index in [0.717, 1.165) is 0 Å². The van der Waals surface area contributed by atoms with Crippen molar-refractivity contribution in [1.82, 2.24) is 0 Å². The number of para-hydroxylation sites is 1. The lowest BCUT2D eigenvalue weighted by molar-refractivity contribution is 0.475. The van der Waals surface area contributed by atoms with Crippen LogP contribution < -0.4 is 5.73 Å². The predicted octanol–water partition coefficient (Wildman–Crippen LogP) is 1.50. The van der Waals surface area contributed by atoms with E-state index in [0.29, 0.717) is 11.8 Å². The number of phenolic OH excluding ortho intramolecular Hbond substituents is 1. The van der Waals surface area contributed by atoms with Gasteiger partial charge in [-0.3, -0.25) is 0 Å². The Morgan fingerprint density at radius 3 is 1.82 bits per heavy atom. The molecule has 3 N–H and O–H groups in total. The molecule has 11 heavy (non-hydrogen) atoms. The van der Waals surface area contributed by atoms with Crippen molar-refractivity contribution < 1.29 is 5.11 Å². The summed E-state index contributed by atoms with van der Waals surface area (Å²) in [5.74, 6) is 0.322. The molecule has 1 aromatic carbocycles. The number of aromatic hydroxyl groups is 1. The van der Waals surface area contributed by atoms with Crippen LogP contribution in [0.5, 0.6) is 5.75 Å². The van der Waals surface area contributed by atoms with E-state index in [1.807, 2.05) is 6.07 Å². The highest BCUT2D eigenvalue weighted by Gasteiger charge is 2.13. The topological polar surface area (TPSA) is 46.2 Å². The number of hydrogen-bond acceptors (Lipinski definition) is 2. The van der Waals surface area contributed by atoms with Crippen LogP contribution in [0, 0.1) is 0 Å². The number of phenols is 1. The molecule has 0 radical (unpaired) electrons. The van der Waals surface area contributed by atoms with Gasteiger partial charge in [0.15, 0.2) is 0 Å². The molecule has 0 saturated heterocycles. The van der Waals surface area contributed by atoms with E-state index < -0.39 is 0 Å². The molecule has 0 bridgehead atoms. The van der Waals surface area contributed by atoms with Crippen LogP contribution in [-0.4, -0.2) is 11.1 Å². The van der Waals surface area contributed by atoms with Crippen LogP contribution in [0.4, 0.5) is 0 Å². The third-order valence-corrected chi connectivity index (χ3v) is 1.38. The second-order valence-electron chi connectivity index (χ2n) is 2.67. The Kier molecular flexibility index (Phi) is 2.93. The number of nitrogens with two attached hydrogens (primary N) is 1. The molecule has 0 aliphatic heterocycles. The molecule has 0 heterocycles. The van der Waals surface area contributed by atoms with Crippen LogP contribution in [0.2, 0.25) is 0 Å². The lowest BCUT2D eigenvalue weighted by Gasteiger charge is -1.82. The van der Waals surface area contributed by atoms with E-state index in [-0.39, 0.29) is 0 Å². The lowest BCUT2D eigenvalue weighted by atomic mass is 10.3. The fourth-order valence-electron chi connectivity index (χ4n) is 0.524. The summed E-state index contributed by atoms with van der Waals surface area (Å²) in [6.07, 6.45) is 2.53. The highest BCUT2D eigenvalue weighted by atomic mass is 16.3. The van der Waals surface area contributed by atoms with Gasteiger partial charge < -0.3 is 10.8 Å². The fourth-order valence-corrected chi connectivity index (χ4v) is 0.524. The molecule has 0 atom stereocenters. The Morgan fingerprint density at radius 2 is 1.64 bits per heavy atom. The first-order valence-electron chi connectivity index (χ1n) is 3.78. The van der Waals surface area contributed by atoms with Crippen LogP contribution >= 0.6 is 0 Å². The first-order chi connectivity index (χ1) is 5.29. The van der Waals surface area contributed by atoms with Crippen molar-refractivity contribution in [2.75, 3.05) is 0 Å². The summed E-state index contributed by atoms with van der Waals surface area (Å²) in [5, 5.41) is 8.63. The average Bonchev–Trinajstić information content (AvgIpc) is 2.75. The summed E-state index contributed by atoms with van der Waals surface area (Å²) in [6.45, 7) is 0. The van der Waals surface area contributed by atoms with Gasteiger partial charge >= 0.3 is 0 Å². The zero-order valence-electron chi connectivity index (χ0n) is 6.40. The van der Waals surface area contributed by atoms with E-state index >= 15 is 0 Å². The summed E-state index contributed by atoms with van der Waals surface area (Å²) >= 11 is 0. The molecule has 1 aromatic rings. The van der Waals surface area contributed by atoms with Gasteiger partial charge in [-0.1, -0.05) is 18.2 Å². The minimum absolute atomic E-state index is 0.322. The summed E-state index contributed by atoms with van der Waals surface area (Å²) < 4.78 is 0. The Hall–Kier alpha value is -1.02. The standard InChI is InChI=1S/C6H6O.C3H7N/c7-6-4-2-1-3-5-6;4-3-1-2-3/h1-5,7H;3H,1-2,4H2. The van der Waals surface area contributed by atoms with Crippen molar-refractivity contribution >= 4 is 0 Å². The third-order valence-electron chi connectivity index (χ3n) is 1.38. The van der Waals surface area contributed by atoms with Gasteiger partial charge in [-0.2, -0.15) is 0 Å². The first-order valence-corrected chi connectivity index (χ1v) is 3.78. The maximum absolute atomic E-state index is 8.63. The van der Waals surface area contributed by atoms with Gasteiger partial charge in [0, 0.05) is 6.04 Å². The van der Waals surface area contributed by atoms with Gasteiger partial charge in [-0.25, -0.2) is 0 Å². The highest BCUT2D eigenvalue weighted by molar-refractivity contribution is 5.18. The minimum atomic E-state index is 0.322. The maximum Gasteiger partial charge on any atom is 0.115 e. The quantitative estimate of drug-likeness (QED) is 0.590. The third kappa shape index (κ3) is 4.39. The molecule has 1 aliphatic rings. The first kappa shape index (κ1) is 8.08. The van der Waals surface area contributed by atoms with Crippen molar-refractivity contribution in [3.63, 3.8) is 0 Å². The van der Waals surface area contributed by atoms with Crippen molar-refractivity contribution in [1.29, 1.82) is 0 Å².